The van der Waals surface area contributed by atoms with Gasteiger partial charge in [-0.05, 0) is 41.3 Å². The minimum atomic E-state index is -0.178. The second-order valence-electron chi connectivity index (χ2n) is 5.49. The Balaban J connectivity index is 1.91. The van der Waals surface area contributed by atoms with Crippen LogP contribution in [0, 0.1) is 0 Å². The minimum absolute atomic E-state index is 0.0220. The molecule has 5 heteroatoms. The predicted octanol–water partition coefficient (Wildman–Crippen LogP) is 4.92. The summed E-state index contributed by atoms with van der Waals surface area (Å²) in [6.45, 7) is 4.54. The summed E-state index contributed by atoms with van der Waals surface area (Å²) in [5, 5.41) is 3.45. The lowest BCUT2D eigenvalue weighted by Crippen LogP contribution is -2.28. The third-order valence-electron chi connectivity index (χ3n) is 3.39. The Hall–Kier alpha value is -1.52. The van der Waals surface area contributed by atoms with Crippen molar-refractivity contribution in [2.45, 2.75) is 26.3 Å². The zero-order valence-electron chi connectivity index (χ0n) is 13.1. The quantitative estimate of drug-likeness (QED) is 0.752. The smallest absolute Gasteiger partial charge is 0.258 e. The van der Waals surface area contributed by atoms with Gasteiger partial charge in [-0.1, -0.05) is 59.6 Å². The molecule has 1 amide bonds. The molecule has 0 aliphatic carbocycles. The molecule has 0 spiro atoms. The summed E-state index contributed by atoms with van der Waals surface area (Å²) in [4.78, 5) is 12.0. The van der Waals surface area contributed by atoms with Gasteiger partial charge in [0.25, 0.3) is 5.91 Å². The molecule has 0 aromatic heterocycles. The average Bonchev–Trinajstić information content (AvgIpc) is 2.52. The lowest BCUT2D eigenvalue weighted by Gasteiger charge is -2.14. The molecular formula is C18H19BrClNO2. The highest BCUT2D eigenvalue weighted by atomic mass is 79.9. The van der Waals surface area contributed by atoms with Crippen LogP contribution in [0.25, 0.3) is 0 Å². The van der Waals surface area contributed by atoms with E-state index >= 15 is 0 Å². The van der Waals surface area contributed by atoms with Crippen molar-refractivity contribution >= 4 is 33.4 Å². The Bertz CT molecular complexity index is 688. The van der Waals surface area contributed by atoms with Gasteiger partial charge in [0.05, 0.1) is 0 Å². The van der Waals surface area contributed by atoms with Gasteiger partial charge >= 0.3 is 0 Å². The Morgan fingerprint density at radius 1 is 1.26 bits per heavy atom. The van der Waals surface area contributed by atoms with Gasteiger partial charge < -0.3 is 10.1 Å². The van der Waals surface area contributed by atoms with Crippen LogP contribution in [0.3, 0.4) is 0 Å². The first-order valence-electron chi connectivity index (χ1n) is 7.39. The van der Waals surface area contributed by atoms with Crippen LogP contribution in [0.2, 0.25) is 5.02 Å². The van der Waals surface area contributed by atoms with Crippen LogP contribution < -0.4 is 10.1 Å². The van der Waals surface area contributed by atoms with E-state index in [2.05, 4.69) is 35.1 Å². The Labute approximate surface area is 150 Å². The first kappa shape index (κ1) is 17.8. The number of halogens is 2. The van der Waals surface area contributed by atoms with E-state index in [1.807, 2.05) is 36.4 Å². The molecule has 0 aliphatic heterocycles. The van der Waals surface area contributed by atoms with Gasteiger partial charge in [0.15, 0.2) is 6.61 Å². The second-order valence-corrected chi connectivity index (χ2v) is 6.82. The van der Waals surface area contributed by atoms with Gasteiger partial charge in [-0.25, -0.2) is 0 Å². The molecule has 2 aromatic rings. The fourth-order valence-electron chi connectivity index (χ4n) is 2.13. The Morgan fingerprint density at radius 2 is 2.00 bits per heavy atom. The molecule has 0 radical (unpaired) electrons. The standard InChI is InChI=1S/C18H19BrClNO2/c1-12(2)15-9-14(19)7-8-17(15)23-11-18(22)21-10-13-5-3-4-6-16(13)20/h3-9,12H,10-11H2,1-2H3,(H,21,22). The maximum atomic E-state index is 12.0. The van der Waals surface area contributed by atoms with Crippen molar-refractivity contribution in [1.29, 1.82) is 0 Å². The topological polar surface area (TPSA) is 38.3 Å². The van der Waals surface area contributed by atoms with Crippen LogP contribution in [0.1, 0.15) is 30.9 Å². The first-order chi connectivity index (χ1) is 11.0. The van der Waals surface area contributed by atoms with Crippen molar-refractivity contribution in [3.05, 3.63) is 63.1 Å². The summed E-state index contributed by atoms with van der Waals surface area (Å²) in [5.74, 6) is 0.868. The highest BCUT2D eigenvalue weighted by Crippen LogP contribution is 2.29. The molecule has 0 saturated carbocycles. The zero-order valence-corrected chi connectivity index (χ0v) is 15.4. The summed E-state index contributed by atoms with van der Waals surface area (Å²) in [7, 11) is 0. The van der Waals surface area contributed by atoms with Crippen LogP contribution >= 0.6 is 27.5 Å². The van der Waals surface area contributed by atoms with Crippen LogP contribution in [0.5, 0.6) is 5.75 Å². The van der Waals surface area contributed by atoms with Crippen molar-refractivity contribution in [2.75, 3.05) is 6.61 Å². The molecule has 2 rings (SSSR count). The molecule has 0 aliphatic rings. The van der Waals surface area contributed by atoms with E-state index in [0.717, 1.165) is 21.3 Å². The number of benzene rings is 2. The van der Waals surface area contributed by atoms with Crippen LogP contribution in [-0.2, 0) is 11.3 Å². The van der Waals surface area contributed by atoms with Crippen molar-refractivity contribution in [2.24, 2.45) is 0 Å². The van der Waals surface area contributed by atoms with Crippen molar-refractivity contribution < 1.29 is 9.53 Å². The van der Waals surface area contributed by atoms with Crippen LogP contribution in [0.4, 0.5) is 0 Å². The summed E-state index contributed by atoms with van der Waals surface area (Å²) in [6, 6.07) is 13.2. The van der Waals surface area contributed by atoms with Gasteiger partial charge in [0.1, 0.15) is 5.75 Å². The number of ether oxygens (including phenoxy) is 1. The molecule has 1 N–H and O–H groups in total. The van der Waals surface area contributed by atoms with E-state index in [4.69, 9.17) is 16.3 Å². The molecule has 0 atom stereocenters. The monoisotopic (exact) mass is 395 g/mol. The van der Waals surface area contributed by atoms with E-state index in [9.17, 15) is 4.79 Å². The van der Waals surface area contributed by atoms with Gasteiger partial charge in [-0.2, -0.15) is 0 Å². The van der Waals surface area contributed by atoms with Crippen molar-refractivity contribution in [1.82, 2.24) is 5.32 Å². The van der Waals surface area contributed by atoms with E-state index in [1.54, 1.807) is 6.07 Å². The molecule has 23 heavy (non-hydrogen) atoms. The highest BCUT2D eigenvalue weighted by Gasteiger charge is 2.11. The minimum Gasteiger partial charge on any atom is -0.483 e. The first-order valence-corrected chi connectivity index (χ1v) is 8.57. The number of nitrogens with one attached hydrogen (secondary N) is 1. The van der Waals surface area contributed by atoms with Crippen molar-refractivity contribution in [3.8, 4) is 5.75 Å². The predicted molar refractivity (Wildman–Crippen MR) is 97.0 cm³/mol. The Morgan fingerprint density at radius 3 is 2.70 bits per heavy atom. The summed E-state index contributed by atoms with van der Waals surface area (Å²) >= 11 is 9.52. The number of amides is 1. The third kappa shape index (κ3) is 5.26. The van der Waals surface area contributed by atoms with E-state index in [-0.39, 0.29) is 12.5 Å². The Kier molecular flexibility index (Phi) is 6.48. The number of hydrogen-bond acceptors (Lipinski definition) is 2. The number of hydrogen-bond donors (Lipinski definition) is 1. The van der Waals surface area contributed by atoms with Gasteiger partial charge in [-0.15, -0.1) is 0 Å². The lowest BCUT2D eigenvalue weighted by molar-refractivity contribution is -0.123. The number of carbonyl (C=O) groups excluding carboxylic acids is 1. The van der Waals surface area contributed by atoms with E-state index in [0.29, 0.717) is 17.5 Å². The summed E-state index contributed by atoms with van der Waals surface area (Å²) in [6.07, 6.45) is 0. The fraction of sp³-hybridized carbons (Fsp3) is 0.278. The second kappa shape index (κ2) is 8.37. The molecule has 2 aromatic carbocycles. The van der Waals surface area contributed by atoms with Gasteiger partial charge in [0, 0.05) is 16.0 Å². The molecule has 0 fully saturated rings. The molecule has 3 nitrogen and oxygen atoms in total. The molecule has 0 unspecified atom stereocenters. The average molecular weight is 397 g/mol. The molecule has 122 valence electrons. The maximum absolute atomic E-state index is 12.0. The van der Waals surface area contributed by atoms with E-state index in [1.165, 1.54) is 0 Å². The molecule has 0 heterocycles. The molecule has 0 saturated heterocycles. The van der Waals surface area contributed by atoms with E-state index < -0.39 is 0 Å². The summed E-state index contributed by atoms with van der Waals surface area (Å²) in [5.41, 5.74) is 1.95. The third-order valence-corrected chi connectivity index (χ3v) is 4.25. The van der Waals surface area contributed by atoms with Crippen molar-refractivity contribution in [3.63, 3.8) is 0 Å². The zero-order chi connectivity index (χ0) is 16.8. The SMILES string of the molecule is CC(C)c1cc(Br)ccc1OCC(=O)NCc1ccccc1Cl. The number of carbonyl (C=O) groups is 1. The molecule has 0 bridgehead atoms. The highest BCUT2D eigenvalue weighted by molar-refractivity contribution is 9.10. The number of rotatable bonds is 6. The van der Waals surface area contributed by atoms with Gasteiger partial charge in [0.2, 0.25) is 0 Å². The largest absolute Gasteiger partial charge is 0.483 e. The normalized spacial score (nSPS) is 10.7. The van der Waals surface area contributed by atoms with Crippen LogP contribution in [-0.4, -0.2) is 12.5 Å². The van der Waals surface area contributed by atoms with Gasteiger partial charge in [-0.3, -0.25) is 4.79 Å². The maximum Gasteiger partial charge on any atom is 0.258 e. The lowest BCUT2D eigenvalue weighted by atomic mass is 10.0. The summed E-state index contributed by atoms with van der Waals surface area (Å²) < 4.78 is 6.67. The fourth-order valence-corrected chi connectivity index (χ4v) is 2.71. The molecular weight excluding hydrogens is 378 g/mol. The van der Waals surface area contributed by atoms with Crippen LogP contribution in [0.15, 0.2) is 46.9 Å².